The SMILES string of the molecule is N#Cc1ccc2c3ccccc3n(-c3ccccc3-c3cccc(-c4ccc(-n5c6ccccc6c6ccccc65)c(C#N)c4)c3)c2c1. The highest BCUT2D eigenvalue weighted by Crippen LogP contribution is 2.38. The van der Waals surface area contributed by atoms with Crippen LogP contribution in [0.3, 0.4) is 0 Å². The van der Waals surface area contributed by atoms with Crippen LogP contribution in [0.15, 0.2) is 158 Å². The number of hydrogen-bond donors (Lipinski definition) is 0. The molecule has 0 saturated carbocycles. The zero-order valence-electron chi connectivity index (χ0n) is 25.8. The number of para-hydroxylation sites is 4. The third-order valence-electron chi connectivity index (χ3n) is 9.39. The maximum Gasteiger partial charge on any atom is 0.101 e. The molecule has 0 aliphatic rings. The maximum absolute atomic E-state index is 10.4. The summed E-state index contributed by atoms with van der Waals surface area (Å²) in [5.41, 5.74) is 11.5. The van der Waals surface area contributed by atoms with Gasteiger partial charge in [0.2, 0.25) is 0 Å². The molecular formula is C44H26N4. The molecule has 0 amide bonds. The van der Waals surface area contributed by atoms with E-state index in [9.17, 15) is 10.5 Å². The van der Waals surface area contributed by atoms with Crippen molar-refractivity contribution in [2.75, 3.05) is 0 Å². The number of benzene rings is 7. The molecule has 0 unspecified atom stereocenters. The molecule has 2 aromatic heterocycles. The molecule has 0 radical (unpaired) electrons. The standard InChI is InChI=1S/C44H26N4/c45-27-29-20-22-38-37-15-4-8-19-43(37)48(44(38)24-29)40-16-5-1-12-34(40)32-11-9-10-30(25-32)31-21-23-39(33(26-31)28-46)47-41-17-6-2-13-35(41)36-14-3-7-18-42(36)47/h1-26H. The summed E-state index contributed by atoms with van der Waals surface area (Å²) in [6.45, 7) is 0. The normalized spacial score (nSPS) is 11.3. The molecule has 222 valence electrons. The molecule has 48 heavy (non-hydrogen) atoms. The minimum absolute atomic E-state index is 0.614. The second-order valence-corrected chi connectivity index (χ2v) is 12.0. The molecule has 2 heterocycles. The monoisotopic (exact) mass is 610 g/mol. The summed E-state index contributed by atoms with van der Waals surface area (Å²) < 4.78 is 4.46. The molecule has 9 rings (SSSR count). The van der Waals surface area contributed by atoms with Crippen LogP contribution in [0, 0.1) is 22.7 Å². The quantitative estimate of drug-likeness (QED) is 0.199. The van der Waals surface area contributed by atoms with Crippen LogP contribution in [0.1, 0.15) is 11.1 Å². The van der Waals surface area contributed by atoms with Gasteiger partial charge in [-0.3, -0.25) is 0 Å². The molecule has 0 fully saturated rings. The van der Waals surface area contributed by atoms with E-state index in [1.165, 1.54) is 10.8 Å². The van der Waals surface area contributed by atoms with E-state index in [0.29, 0.717) is 11.1 Å². The van der Waals surface area contributed by atoms with E-state index in [4.69, 9.17) is 0 Å². The zero-order valence-corrected chi connectivity index (χ0v) is 25.8. The molecule has 0 saturated heterocycles. The Hall–Kier alpha value is -6.88. The van der Waals surface area contributed by atoms with Crippen molar-refractivity contribution in [2.45, 2.75) is 0 Å². The average Bonchev–Trinajstić information content (AvgIpc) is 3.67. The Morgan fingerprint density at radius 1 is 0.375 bits per heavy atom. The first-order chi connectivity index (χ1) is 23.7. The van der Waals surface area contributed by atoms with E-state index in [1.54, 1.807) is 0 Å². The molecule has 4 nitrogen and oxygen atoms in total. The first-order valence-electron chi connectivity index (χ1n) is 15.9. The Kier molecular flexibility index (Phi) is 6.22. The van der Waals surface area contributed by atoms with Crippen molar-refractivity contribution in [3.05, 3.63) is 169 Å². The van der Waals surface area contributed by atoms with Crippen LogP contribution >= 0.6 is 0 Å². The van der Waals surface area contributed by atoms with Gasteiger partial charge >= 0.3 is 0 Å². The van der Waals surface area contributed by atoms with Gasteiger partial charge in [0.25, 0.3) is 0 Å². The lowest BCUT2D eigenvalue weighted by molar-refractivity contribution is 1.17. The van der Waals surface area contributed by atoms with E-state index >= 15 is 0 Å². The number of aromatic nitrogens is 2. The average molecular weight is 611 g/mol. The molecule has 0 bridgehead atoms. The van der Waals surface area contributed by atoms with Crippen molar-refractivity contribution in [3.63, 3.8) is 0 Å². The summed E-state index contributed by atoms with van der Waals surface area (Å²) in [7, 11) is 0. The lowest BCUT2D eigenvalue weighted by atomic mass is 9.96. The van der Waals surface area contributed by atoms with Gasteiger partial charge in [0.05, 0.1) is 50.6 Å². The van der Waals surface area contributed by atoms with Crippen LogP contribution in [-0.2, 0) is 0 Å². The maximum atomic E-state index is 10.4. The molecule has 7 aromatic carbocycles. The van der Waals surface area contributed by atoms with Crippen LogP contribution in [0.4, 0.5) is 0 Å². The largest absolute Gasteiger partial charge is 0.309 e. The second kappa shape index (κ2) is 10.9. The minimum atomic E-state index is 0.614. The third-order valence-corrected chi connectivity index (χ3v) is 9.39. The van der Waals surface area contributed by atoms with Gasteiger partial charge < -0.3 is 9.13 Å². The van der Waals surface area contributed by atoms with Gasteiger partial charge in [0.1, 0.15) is 6.07 Å². The number of rotatable bonds is 4. The molecule has 0 N–H and O–H groups in total. The molecule has 0 aliphatic heterocycles. The van der Waals surface area contributed by atoms with Crippen molar-refractivity contribution in [1.82, 2.24) is 9.13 Å². The Bertz CT molecular complexity index is 2760. The fourth-order valence-electron chi connectivity index (χ4n) is 7.26. The van der Waals surface area contributed by atoms with E-state index in [1.807, 2.05) is 36.4 Å². The Morgan fingerprint density at radius 2 is 0.938 bits per heavy atom. The smallest absolute Gasteiger partial charge is 0.101 e. The molecular weight excluding hydrogens is 585 g/mol. The number of nitrogens with zero attached hydrogens (tertiary/aromatic N) is 4. The fraction of sp³-hybridized carbons (Fsp3) is 0. The van der Waals surface area contributed by atoms with Gasteiger partial charge in [0.15, 0.2) is 0 Å². The highest BCUT2D eigenvalue weighted by Gasteiger charge is 2.18. The molecule has 4 heteroatoms. The molecule has 0 spiro atoms. The predicted molar refractivity (Wildman–Crippen MR) is 195 cm³/mol. The number of fused-ring (bicyclic) bond motifs is 6. The van der Waals surface area contributed by atoms with Crippen LogP contribution in [0.25, 0.3) is 77.2 Å². The Labute approximate surface area is 277 Å². The lowest BCUT2D eigenvalue weighted by Crippen LogP contribution is -1.98. The van der Waals surface area contributed by atoms with Gasteiger partial charge in [-0.05, 0) is 71.3 Å². The van der Waals surface area contributed by atoms with E-state index in [-0.39, 0.29) is 0 Å². The van der Waals surface area contributed by atoms with Crippen molar-refractivity contribution < 1.29 is 0 Å². The summed E-state index contributed by atoms with van der Waals surface area (Å²) in [6, 6.07) is 58.9. The van der Waals surface area contributed by atoms with E-state index in [0.717, 1.165) is 66.5 Å². The van der Waals surface area contributed by atoms with Gasteiger partial charge in [-0.25, -0.2) is 0 Å². The van der Waals surface area contributed by atoms with Crippen molar-refractivity contribution >= 4 is 43.6 Å². The topological polar surface area (TPSA) is 57.4 Å². The van der Waals surface area contributed by atoms with Gasteiger partial charge in [-0.2, -0.15) is 10.5 Å². The van der Waals surface area contributed by atoms with E-state index < -0.39 is 0 Å². The second-order valence-electron chi connectivity index (χ2n) is 12.0. The van der Waals surface area contributed by atoms with Crippen molar-refractivity contribution in [2.24, 2.45) is 0 Å². The third kappa shape index (κ3) is 4.14. The summed E-state index contributed by atoms with van der Waals surface area (Å²) in [5, 5.41) is 24.7. The van der Waals surface area contributed by atoms with Crippen LogP contribution in [0.2, 0.25) is 0 Å². The Morgan fingerprint density at radius 3 is 1.60 bits per heavy atom. The Balaban J connectivity index is 1.19. The van der Waals surface area contributed by atoms with E-state index in [2.05, 4.69) is 143 Å². The summed E-state index contributed by atoms with van der Waals surface area (Å²) in [5.74, 6) is 0. The zero-order chi connectivity index (χ0) is 32.2. The fourth-order valence-corrected chi connectivity index (χ4v) is 7.26. The van der Waals surface area contributed by atoms with Crippen molar-refractivity contribution in [3.8, 4) is 45.8 Å². The first-order valence-corrected chi connectivity index (χ1v) is 15.9. The van der Waals surface area contributed by atoms with Gasteiger partial charge in [-0.15, -0.1) is 0 Å². The van der Waals surface area contributed by atoms with Gasteiger partial charge in [-0.1, -0.05) is 103 Å². The summed E-state index contributed by atoms with van der Waals surface area (Å²) in [4.78, 5) is 0. The molecule has 9 aromatic rings. The van der Waals surface area contributed by atoms with Crippen LogP contribution in [0.5, 0.6) is 0 Å². The highest BCUT2D eigenvalue weighted by molar-refractivity contribution is 6.11. The van der Waals surface area contributed by atoms with Crippen LogP contribution < -0.4 is 0 Å². The van der Waals surface area contributed by atoms with Crippen LogP contribution in [-0.4, -0.2) is 9.13 Å². The lowest BCUT2D eigenvalue weighted by Gasteiger charge is -2.15. The first kappa shape index (κ1) is 27.4. The molecule has 0 aliphatic carbocycles. The van der Waals surface area contributed by atoms with Crippen molar-refractivity contribution in [1.29, 1.82) is 10.5 Å². The summed E-state index contributed by atoms with van der Waals surface area (Å²) in [6.07, 6.45) is 0. The number of nitriles is 2. The molecule has 0 atom stereocenters. The highest BCUT2D eigenvalue weighted by atomic mass is 15.0. The summed E-state index contributed by atoms with van der Waals surface area (Å²) >= 11 is 0. The number of hydrogen-bond acceptors (Lipinski definition) is 2. The predicted octanol–water partition coefficient (Wildman–Crippen LogP) is 11.0. The minimum Gasteiger partial charge on any atom is -0.309 e. The van der Waals surface area contributed by atoms with Gasteiger partial charge in [0, 0.05) is 27.1 Å².